The molecule has 0 spiro atoms. The van der Waals surface area contributed by atoms with Crippen LogP contribution in [-0.2, 0) is 0 Å². The molecule has 0 saturated heterocycles. The van der Waals surface area contributed by atoms with Gasteiger partial charge in [0.25, 0.3) is 0 Å². The lowest BCUT2D eigenvalue weighted by Crippen LogP contribution is -2.13. The zero-order valence-electron chi connectivity index (χ0n) is 15.2. The zero-order valence-corrected chi connectivity index (χ0v) is 15.2. The molecule has 2 aliphatic carbocycles. The van der Waals surface area contributed by atoms with E-state index in [9.17, 15) is 10.2 Å². The van der Waals surface area contributed by atoms with E-state index in [2.05, 4.69) is 67.6 Å². The Labute approximate surface area is 155 Å². The van der Waals surface area contributed by atoms with Gasteiger partial charge in [-0.2, -0.15) is 0 Å². The van der Waals surface area contributed by atoms with Crippen molar-refractivity contribution < 1.29 is 10.2 Å². The summed E-state index contributed by atoms with van der Waals surface area (Å²) in [5.74, 6) is 1.13. The molecule has 0 fully saturated rings. The van der Waals surface area contributed by atoms with Crippen LogP contribution >= 0.6 is 0 Å². The van der Waals surface area contributed by atoms with E-state index in [-0.39, 0.29) is 13.2 Å². The van der Waals surface area contributed by atoms with E-state index in [1.165, 1.54) is 33.4 Å². The van der Waals surface area contributed by atoms with Crippen LogP contribution in [0, 0.1) is 5.92 Å². The van der Waals surface area contributed by atoms with Crippen LogP contribution < -0.4 is 0 Å². The summed E-state index contributed by atoms with van der Waals surface area (Å²) < 4.78 is 0. The van der Waals surface area contributed by atoms with Crippen molar-refractivity contribution >= 4 is 11.1 Å². The number of benzene rings is 2. The largest absolute Gasteiger partial charge is 0.396 e. The minimum atomic E-state index is 0.189. The number of allylic oxidation sites excluding steroid dienone is 2. The number of hydrogen-bond acceptors (Lipinski definition) is 2. The molecule has 0 heterocycles. The molecule has 0 aromatic heterocycles. The fourth-order valence-corrected chi connectivity index (χ4v) is 4.72. The Morgan fingerprint density at radius 3 is 1.58 bits per heavy atom. The van der Waals surface area contributed by atoms with Gasteiger partial charge in [-0.1, -0.05) is 67.6 Å². The number of aliphatic hydroxyl groups is 2. The molecule has 4 rings (SSSR count). The van der Waals surface area contributed by atoms with Crippen molar-refractivity contribution in [3.63, 3.8) is 0 Å². The standard InChI is InChI=1S/C24H26O2/c1-16(23-14-17(10-12-25)19-6-2-4-8-21(19)23)24-15-18(11-13-26)20-7-3-5-9-22(20)24/h2-9,14-16,23-26H,10-13H2,1H3. The lowest BCUT2D eigenvalue weighted by atomic mass is 9.78. The van der Waals surface area contributed by atoms with E-state index in [0.717, 1.165) is 0 Å². The molecule has 2 N–H and O–H groups in total. The van der Waals surface area contributed by atoms with Gasteiger partial charge < -0.3 is 10.2 Å². The van der Waals surface area contributed by atoms with Gasteiger partial charge in [-0.25, -0.2) is 0 Å². The third kappa shape index (κ3) is 2.84. The Kier molecular flexibility index (Phi) is 4.80. The molecule has 0 bridgehead atoms. The average molecular weight is 346 g/mol. The first-order chi connectivity index (χ1) is 12.7. The van der Waals surface area contributed by atoms with Gasteiger partial charge >= 0.3 is 0 Å². The van der Waals surface area contributed by atoms with E-state index in [1.54, 1.807) is 0 Å². The van der Waals surface area contributed by atoms with Crippen molar-refractivity contribution in [1.29, 1.82) is 0 Å². The maximum absolute atomic E-state index is 9.44. The van der Waals surface area contributed by atoms with E-state index >= 15 is 0 Å². The molecule has 2 atom stereocenters. The molecule has 2 nitrogen and oxygen atoms in total. The van der Waals surface area contributed by atoms with Crippen LogP contribution in [0.5, 0.6) is 0 Å². The van der Waals surface area contributed by atoms with Crippen LogP contribution in [0.15, 0.2) is 60.7 Å². The van der Waals surface area contributed by atoms with Crippen LogP contribution in [0.1, 0.15) is 53.9 Å². The monoisotopic (exact) mass is 346 g/mol. The molecule has 0 saturated carbocycles. The van der Waals surface area contributed by atoms with Gasteiger partial charge in [0.05, 0.1) is 0 Å². The molecule has 0 radical (unpaired) electrons. The summed E-state index contributed by atoms with van der Waals surface area (Å²) in [4.78, 5) is 0. The lowest BCUT2D eigenvalue weighted by Gasteiger charge is -2.25. The van der Waals surface area contributed by atoms with E-state index < -0.39 is 0 Å². The van der Waals surface area contributed by atoms with Crippen molar-refractivity contribution in [1.82, 2.24) is 0 Å². The second-order valence-corrected chi connectivity index (χ2v) is 7.42. The molecule has 134 valence electrons. The van der Waals surface area contributed by atoms with Gasteiger partial charge in [0.15, 0.2) is 0 Å². The quantitative estimate of drug-likeness (QED) is 0.792. The highest BCUT2D eigenvalue weighted by molar-refractivity contribution is 5.77. The van der Waals surface area contributed by atoms with Crippen molar-refractivity contribution in [2.45, 2.75) is 31.6 Å². The van der Waals surface area contributed by atoms with Crippen LogP contribution in [0.2, 0.25) is 0 Å². The van der Waals surface area contributed by atoms with Crippen LogP contribution in [-0.4, -0.2) is 23.4 Å². The van der Waals surface area contributed by atoms with E-state index in [0.29, 0.717) is 30.6 Å². The molecule has 2 aromatic carbocycles. The van der Waals surface area contributed by atoms with Crippen LogP contribution in [0.3, 0.4) is 0 Å². The first kappa shape index (κ1) is 17.3. The molecular formula is C24H26O2. The van der Waals surface area contributed by atoms with Gasteiger partial charge in [0.1, 0.15) is 0 Å². The summed E-state index contributed by atoms with van der Waals surface area (Å²) in [5.41, 5.74) is 7.89. The third-order valence-corrected chi connectivity index (χ3v) is 5.99. The second-order valence-electron chi connectivity index (χ2n) is 7.42. The molecule has 2 heteroatoms. The first-order valence-corrected chi connectivity index (χ1v) is 9.56. The maximum atomic E-state index is 9.44. The predicted octanol–water partition coefficient (Wildman–Crippen LogP) is 4.75. The maximum Gasteiger partial charge on any atom is 0.0471 e. The summed E-state index contributed by atoms with van der Waals surface area (Å²) in [6.07, 6.45) is 6.16. The molecule has 26 heavy (non-hydrogen) atoms. The minimum absolute atomic E-state index is 0.189. The highest BCUT2D eigenvalue weighted by atomic mass is 16.3. The van der Waals surface area contributed by atoms with Crippen molar-refractivity contribution in [3.05, 3.63) is 82.9 Å². The van der Waals surface area contributed by atoms with Gasteiger partial charge in [-0.15, -0.1) is 0 Å². The van der Waals surface area contributed by atoms with Gasteiger partial charge in [-0.05, 0) is 52.2 Å². The SMILES string of the molecule is CC(C1C=C(CCO)c2ccccc21)C1C=C(CCO)c2ccccc21. The van der Waals surface area contributed by atoms with E-state index in [1.807, 2.05) is 0 Å². The number of fused-ring (bicyclic) bond motifs is 2. The molecule has 2 aliphatic rings. The normalized spacial score (nSPS) is 21.8. The van der Waals surface area contributed by atoms with Crippen LogP contribution in [0.4, 0.5) is 0 Å². The Bertz CT molecular complexity index is 791. The van der Waals surface area contributed by atoms with Crippen molar-refractivity contribution in [2.24, 2.45) is 5.92 Å². The van der Waals surface area contributed by atoms with Crippen molar-refractivity contribution in [3.8, 4) is 0 Å². The Hall–Kier alpha value is -2.16. The third-order valence-electron chi connectivity index (χ3n) is 5.99. The average Bonchev–Trinajstić information content (AvgIpc) is 3.22. The molecule has 2 unspecified atom stereocenters. The Balaban J connectivity index is 1.71. The number of aliphatic hydroxyl groups excluding tert-OH is 2. The summed E-state index contributed by atoms with van der Waals surface area (Å²) in [5, 5.41) is 18.9. The van der Waals surface area contributed by atoms with Crippen LogP contribution in [0.25, 0.3) is 11.1 Å². The topological polar surface area (TPSA) is 40.5 Å². The van der Waals surface area contributed by atoms with Gasteiger partial charge in [0, 0.05) is 25.0 Å². The number of hydrogen-bond donors (Lipinski definition) is 2. The molecular weight excluding hydrogens is 320 g/mol. The highest BCUT2D eigenvalue weighted by Gasteiger charge is 2.34. The van der Waals surface area contributed by atoms with E-state index in [4.69, 9.17) is 0 Å². The summed E-state index contributed by atoms with van der Waals surface area (Å²) >= 11 is 0. The fraction of sp³-hybridized carbons (Fsp3) is 0.333. The lowest BCUT2D eigenvalue weighted by molar-refractivity contribution is 0.304. The fourth-order valence-electron chi connectivity index (χ4n) is 4.72. The Morgan fingerprint density at radius 2 is 1.15 bits per heavy atom. The number of rotatable bonds is 6. The van der Waals surface area contributed by atoms with Crippen molar-refractivity contribution in [2.75, 3.05) is 13.2 Å². The smallest absolute Gasteiger partial charge is 0.0471 e. The highest BCUT2D eigenvalue weighted by Crippen LogP contribution is 2.49. The zero-order chi connectivity index (χ0) is 18.1. The van der Waals surface area contributed by atoms with Gasteiger partial charge in [0.2, 0.25) is 0 Å². The summed E-state index contributed by atoms with van der Waals surface area (Å²) in [7, 11) is 0. The summed E-state index contributed by atoms with van der Waals surface area (Å²) in [6, 6.07) is 17.2. The molecule has 0 amide bonds. The summed E-state index contributed by atoms with van der Waals surface area (Å²) in [6.45, 7) is 2.71. The second kappa shape index (κ2) is 7.22. The predicted molar refractivity (Wildman–Crippen MR) is 107 cm³/mol. The first-order valence-electron chi connectivity index (χ1n) is 9.56. The molecule has 0 aliphatic heterocycles. The molecule has 2 aromatic rings. The Morgan fingerprint density at radius 1 is 0.731 bits per heavy atom. The van der Waals surface area contributed by atoms with Gasteiger partial charge in [-0.3, -0.25) is 0 Å². The minimum Gasteiger partial charge on any atom is -0.396 e.